The Morgan fingerprint density at radius 3 is 2.38 bits per heavy atom. The van der Waals surface area contributed by atoms with Crippen LogP contribution in [0.4, 0.5) is 0 Å². The first-order chi connectivity index (χ1) is 9.95. The maximum absolute atomic E-state index is 12.1. The van der Waals surface area contributed by atoms with Gasteiger partial charge in [-0.3, -0.25) is 4.79 Å². The topological polar surface area (TPSA) is 66.4 Å². The van der Waals surface area contributed by atoms with Gasteiger partial charge in [-0.2, -0.15) is 0 Å². The molecule has 1 fully saturated rings. The smallest absolute Gasteiger partial charge is 0.326 e. The number of nitrogens with one attached hydrogen (secondary N) is 1. The van der Waals surface area contributed by atoms with Crippen molar-refractivity contribution in [2.75, 3.05) is 0 Å². The molecule has 0 bridgehead atoms. The number of carboxylic acid groups (broad SMARTS) is 1. The van der Waals surface area contributed by atoms with Crippen LogP contribution in [0.3, 0.4) is 0 Å². The summed E-state index contributed by atoms with van der Waals surface area (Å²) in [7, 11) is 0. The number of carbonyl (C=O) groups excluding carboxylic acids is 1. The molecule has 1 aromatic carbocycles. The first-order valence-electron chi connectivity index (χ1n) is 7.26. The number of hydrogen-bond donors (Lipinski definition) is 2. The number of carboxylic acids is 1. The third-order valence-electron chi connectivity index (χ3n) is 3.36. The molecule has 0 aromatic heterocycles. The molecule has 1 unspecified atom stereocenters. The predicted molar refractivity (Wildman–Crippen MR) is 83.7 cm³/mol. The van der Waals surface area contributed by atoms with E-state index in [1.54, 1.807) is 23.9 Å². The van der Waals surface area contributed by atoms with Gasteiger partial charge in [0.2, 0.25) is 0 Å². The highest BCUT2D eigenvalue weighted by Gasteiger charge is 2.30. The fourth-order valence-electron chi connectivity index (χ4n) is 2.11. The molecule has 2 rings (SSSR count). The lowest BCUT2D eigenvalue weighted by Crippen LogP contribution is -2.41. The van der Waals surface area contributed by atoms with Gasteiger partial charge < -0.3 is 10.4 Å². The van der Waals surface area contributed by atoms with Crippen LogP contribution >= 0.6 is 11.8 Å². The molecule has 0 heterocycles. The molecule has 21 heavy (non-hydrogen) atoms. The van der Waals surface area contributed by atoms with Gasteiger partial charge in [-0.05, 0) is 36.6 Å². The van der Waals surface area contributed by atoms with E-state index in [1.807, 2.05) is 12.1 Å². The molecule has 1 saturated carbocycles. The second kappa shape index (κ2) is 6.98. The quantitative estimate of drug-likeness (QED) is 0.759. The molecular weight excluding hydrogens is 286 g/mol. The minimum atomic E-state index is -0.956. The Morgan fingerprint density at radius 1 is 1.29 bits per heavy atom. The van der Waals surface area contributed by atoms with Crippen LogP contribution in [-0.2, 0) is 4.79 Å². The Labute approximate surface area is 129 Å². The minimum Gasteiger partial charge on any atom is -0.480 e. The zero-order valence-corrected chi connectivity index (χ0v) is 13.2. The molecule has 0 saturated heterocycles. The third-order valence-corrected chi connectivity index (χ3v) is 4.37. The zero-order valence-electron chi connectivity index (χ0n) is 12.3. The number of thioether (sulfide) groups is 1. The summed E-state index contributed by atoms with van der Waals surface area (Å²) < 4.78 is 0. The molecule has 114 valence electrons. The van der Waals surface area contributed by atoms with Crippen LogP contribution in [0.1, 0.15) is 43.5 Å². The van der Waals surface area contributed by atoms with E-state index < -0.39 is 12.0 Å². The van der Waals surface area contributed by atoms with Crippen LogP contribution in [0.25, 0.3) is 0 Å². The zero-order chi connectivity index (χ0) is 15.4. The summed E-state index contributed by atoms with van der Waals surface area (Å²) in [6.45, 7) is 4.22. The van der Waals surface area contributed by atoms with Gasteiger partial charge in [-0.25, -0.2) is 4.79 Å². The summed E-state index contributed by atoms with van der Waals surface area (Å²) in [5.74, 6) is -0.817. The van der Waals surface area contributed by atoms with Gasteiger partial charge in [-0.1, -0.05) is 26.7 Å². The van der Waals surface area contributed by atoms with Crippen LogP contribution in [-0.4, -0.2) is 28.3 Å². The molecule has 1 aliphatic rings. The Kier molecular flexibility index (Phi) is 5.28. The van der Waals surface area contributed by atoms with E-state index >= 15 is 0 Å². The number of aliphatic carboxylic acids is 1. The van der Waals surface area contributed by atoms with E-state index in [2.05, 4.69) is 19.2 Å². The second-order valence-electron chi connectivity index (χ2n) is 5.73. The fourth-order valence-corrected chi connectivity index (χ4v) is 2.94. The van der Waals surface area contributed by atoms with E-state index in [-0.39, 0.29) is 5.91 Å². The molecule has 1 aliphatic carbocycles. The molecule has 1 aromatic rings. The van der Waals surface area contributed by atoms with E-state index in [9.17, 15) is 14.7 Å². The molecule has 2 N–H and O–H groups in total. The van der Waals surface area contributed by atoms with Gasteiger partial charge in [0.1, 0.15) is 6.04 Å². The summed E-state index contributed by atoms with van der Waals surface area (Å²) in [6.07, 6.45) is 2.67. The lowest BCUT2D eigenvalue weighted by atomic mass is 10.1. The normalized spacial score (nSPS) is 15.8. The van der Waals surface area contributed by atoms with Crippen molar-refractivity contribution < 1.29 is 14.7 Å². The van der Waals surface area contributed by atoms with Crippen LogP contribution in [0.15, 0.2) is 29.2 Å². The highest BCUT2D eigenvalue weighted by Crippen LogP contribution is 2.33. The Bertz CT molecular complexity index is 509. The highest BCUT2D eigenvalue weighted by molar-refractivity contribution is 7.99. The molecule has 0 aliphatic heterocycles. The maximum Gasteiger partial charge on any atom is 0.326 e. The Hall–Kier alpha value is -1.49. The molecule has 5 heteroatoms. The lowest BCUT2D eigenvalue weighted by molar-refractivity contribution is -0.139. The fraction of sp³-hybridized carbons (Fsp3) is 0.500. The summed E-state index contributed by atoms with van der Waals surface area (Å²) in [4.78, 5) is 24.4. The van der Waals surface area contributed by atoms with Crippen molar-refractivity contribution in [3.63, 3.8) is 0 Å². The van der Waals surface area contributed by atoms with Crippen molar-refractivity contribution >= 4 is 23.6 Å². The predicted octanol–water partition coefficient (Wildman–Crippen LogP) is 3.17. The first kappa shape index (κ1) is 15.9. The van der Waals surface area contributed by atoms with Crippen molar-refractivity contribution in [3.8, 4) is 0 Å². The van der Waals surface area contributed by atoms with E-state index in [1.165, 1.54) is 0 Å². The molecule has 0 spiro atoms. The monoisotopic (exact) mass is 307 g/mol. The van der Waals surface area contributed by atoms with Crippen molar-refractivity contribution in [3.05, 3.63) is 29.8 Å². The Morgan fingerprint density at radius 2 is 1.90 bits per heavy atom. The van der Waals surface area contributed by atoms with E-state index in [0.29, 0.717) is 23.2 Å². The molecule has 1 atom stereocenters. The average molecular weight is 307 g/mol. The van der Waals surface area contributed by atoms with Crippen molar-refractivity contribution in [2.45, 2.75) is 49.3 Å². The number of benzene rings is 1. The number of amides is 1. The van der Waals surface area contributed by atoms with Gasteiger partial charge in [0.15, 0.2) is 0 Å². The number of hydrogen-bond acceptors (Lipinski definition) is 3. The molecule has 4 nitrogen and oxygen atoms in total. The minimum absolute atomic E-state index is 0.316. The van der Waals surface area contributed by atoms with Gasteiger partial charge in [0.05, 0.1) is 0 Å². The number of carbonyl (C=O) groups is 2. The van der Waals surface area contributed by atoms with Gasteiger partial charge in [-0.15, -0.1) is 11.8 Å². The first-order valence-corrected chi connectivity index (χ1v) is 8.14. The summed E-state index contributed by atoms with van der Waals surface area (Å²) in [5, 5.41) is 12.3. The SMILES string of the molecule is CC(C)Sc1ccc(C(=O)NC(CC2CC2)C(=O)O)cc1. The molecule has 1 amide bonds. The van der Waals surface area contributed by atoms with Crippen molar-refractivity contribution in [2.24, 2.45) is 5.92 Å². The summed E-state index contributed by atoms with van der Waals surface area (Å²) >= 11 is 1.73. The van der Waals surface area contributed by atoms with Gasteiger partial charge in [0.25, 0.3) is 5.91 Å². The standard InChI is InChI=1S/C16H21NO3S/c1-10(2)21-13-7-5-12(6-8-13)15(18)17-14(16(19)20)9-11-3-4-11/h5-8,10-11,14H,3-4,9H2,1-2H3,(H,17,18)(H,19,20). The summed E-state index contributed by atoms with van der Waals surface area (Å²) in [5.41, 5.74) is 0.505. The Balaban J connectivity index is 1.96. The van der Waals surface area contributed by atoms with Crippen molar-refractivity contribution in [1.29, 1.82) is 0 Å². The lowest BCUT2D eigenvalue weighted by Gasteiger charge is -2.14. The largest absolute Gasteiger partial charge is 0.480 e. The average Bonchev–Trinajstić information content (AvgIpc) is 3.22. The molecule has 0 radical (unpaired) electrons. The van der Waals surface area contributed by atoms with Crippen LogP contribution in [0, 0.1) is 5.92 Å². The third kappa shape index (κ3) is 5.08. The van der Waals surface area contributed by atoms with Crippen LogP contribution in [0.2, 0.25) is 0 Å². The van der Waals surface area contributed by atoms with Gasteiger partial charge in [0, 0.05) is 15.7 Å². The maximum atomic E-state index is 12.1. The van der Waals surface area contributed by atoms with E-state index in [4.69, 9.17) is 0 Å². The highest BCUT2D eigenvalue weighted by atomic mass is 32.2. The van der Waals surface area contributed by atoms with Crippen LogP contribution < -0.4 is 5.32 Å². The number of rotatable bonds is 7. The van der Waals surface area contributed by atoms with Crippen molar-refractivity contribution in [1.82, 2.24) is 5.32 Å². The van der Waals surface area contributed by atoms with E-state index in [0.717, 1.165) is 17.7 Å². The summed E-state index contributed by atoms with van der Waals surface area (Å²) in [6, 6.07) is 6.51. The van der Waals surface area contributed by atoms with Crippen LogP contribution in [0.5, 0.6) is 0 Å². The van der Waals surface area contributed by atoms with Gasteiger partial charge >= 0.3 is 5.97 Å². The second-order valence-corrected chi connectivity index (χ2v) is 7.38. The molecular formula is C16H21NO3S.